The smallest absolute Gasteiger partial charge is 0.224 e. The highest BCUT2D eigenvalue weighted by molar-refractivity contribution is 5.74. The predicted molar refractivity (Wildman–Crippen MR) is 79.7 cm³/mol. The van der Waals surface area contributed by atoms with Gasteiger partial charge >= 0.3 is 0 Å². The van der Waals surface area contributed by atoms with Crippen LogP contribution in [0.4, 0.5) is 11.8 Å². The molecule has 1 aromatic rings. The summed E-state index contributed by atoms with van der Waals surface area (Å²) in [7, 11) is 0. The number of hydrogen-bond acceptors (Lipinski definition) is 5. The second kappa shape index (κ2) is 6.54. The summed E-state index contributed by atoms with van der Waals surface area (Å²) in [6.45, 7) is 6.70. The lowest BCUT2D eigenvalue weighted by molar-refractivity contribution is -0.119. The molecule has 1 aliphatic heterocycles. The number of carbonyl (C=O) groups is 1. The Labute approximate surface area is 119 Å². The van der Waals surface area contributed by atoms with Crippen LogP contribution in [0, 0.1) is 12.8 Å². The minimum atomic E-state index is -0.198. The van der Waals surface area contributed by atoms with Gasteiger partial charge in [-0.05, 0) is 32.6 Å². The van der Waals surface area contributed by atoms with Gasteiger partial charge in [0.05, 0.1) is 0 Å². The monoisotopic (exact) mass is 277 g/mol. The van der Waals surface area contributed by atoms with Gasteiger partial charge < -0.3 is 16.0 Å². The molecule has 0 spiro atoms. The maximum Gasteiger partial charge on any atom is 0.224 e. The molecule has 1 aromatic heterocycles. The fourth-order valence-corrected chi connectivity index (χ4v) is 2.63. The SMILES string of the molecule is CCNc1ncc(C)c(N2CCC(CC(N)=O)CC2)n1. The molecule has 0 aliphatic carbocycles. The molecule has 20 heavy (non-hydrogen) atoms. The third kappa shape index (κ3) is 3.59. The van der Waals surface area contributed by atoms with Crippen LogP contribution in [0.25, 0.3) is 0 Å². The summed E-state index contributed by atoms with van der Waals surface area (Å²) in [5.74, 6) is 1.89. The molecule has 0 radical (unpaired) electrons. The fourth-order valence-electron chi connectivity index (χ4n) is 2.63. The molecule has 0 aromatic carbocycles. The van der Waals surface area contributed by atoms with E-state index < -0.39 is 0 Å². The minimum Gasteiger partial charge on any atom is -0.370 e. The molecule has 1 saturated heterocycles. The molecule has 0 saturated carbocycles. The third-order valence-electron chi connectivity index (χ3n) is 3.68. The van der Waals surface area contributed by atoms with E-state index in [0.717, 1.165) is 43.9 Å². The largest absolute Gasteiger partial charge is 0.370 e. The Morgan fingerprint density at radius 3 is 2.80 bits per heavy atom. The number of nitrogens with one attached hydrogen (secondary N) is 1. The van der Waals surface area contributed by atoms with E-state index in [1.807, 2.05) is 20.0 Å². The third-order valence-corrected chi connectivity index (χ3v) is 3.68. The first-order chi connectivity index (χ1) is 9.60. The van der Waals surface area contributed by atoms with Gasteiger partial charge in [0.2, 0.25) is 11.9 Å². The van der Waals surface area contributed by atoms with Crippen LogP contribution in [0.15, 0.2) is 6.20 Å². The average Bonchev–Trinajstić information content (AvgIpc) is 2.42. The Balaban J connectivity index is 2.02. The number of anilines is 2. The first kappa shape index (κ1) is 14.6. The summed E-state index contributed by atoms with van der Waals surface area (Å²) in [5.41, 5.74) is 6.35. The number of primary amides is 1. The molecule has 0 atom stereocenters. The Hall–Kier alpha value is -1.85. The zero-order valence-electron chi connectivity index (χ0n) is 12.2. The van der Waals surface area contributed by atoms with Crippen LogP contribution in [0.2, 0.25) is 0 Å². The van der Waals surface area contributed by atoms with Crippen molar-refractivity contribution in [3.05, 3.63) is 11.8 Å². The first-order valence-corrected chi connectivity index (χ1v) is 7.21. The van der Waals surface area contributed by atoms with Crippen molar-refractivity contribution in [3.63, 3.8) is 0 Å². The number of nitrogens with two attached hydrogens (primary N) is 1. The molecular formula is C14H23N5O. The van der Waals surface area contributed by atoms with Gasteiger partial charge in [0.25, 0.3) is 0 Å². The van der Waals surface area contributed by atoms with Gasteiger partial charge in [0.15, 0.2) is 0 Å². The highest BCUT2D eigenvalue weighted by Crippen LogP contribution is 2.26. The molecular weight excluding hydrogens is 254 g/mol. The van der Waals surface area contributed by atoms with Crippen LogP contribution < -0.4 is 16.0 Å². The van der Waals surface area contributed by atoms with Crippen LogP contribution >= 0.6 is 0 Å². The summed E-state index contributed by atoms with van der Waals surface area (Å²) in [4.78, 5) is 22.1. The molecule has 110 valence electrons. The van der Waals surface area contributed by atoms with Crippen LogP contribution in [0.3, 0.4) is 0 Å². The van der Waals surface area contributed by atoms with Crippen molar-refractivity contribution in [2.45, 2.75) is 33.1 Å². The molecule has 0 bridgehead atoms. The highest BCUT2D eigenvalue weighted by atomic mass is 16.1. The van der Waals surface area contributed by atoms with Gasteiger partial charge in [0.1, 0.15) is 5.82 Å². The summed E-state index contributed by atoms with van der Waals surface area (Å²) < 4.78 is 0. The summed E-state index contributed by atoms with van der Waals surface area (Å²) >= 11 is 0. The van der Waals surface area contributed by atoms with Crippen molar-refractivity contribution < 1.29 is 4.79 Å². The van der Waals surface area contributed by atoms with Crippen molar-refractivity contribution in [1.82, 2.24) is 9.97 Å². The quantitative estimate of drug-likeness (QED) is 0.847. The number of aromatic nitrogens is 2. The number of piperidine rings is 1. The maximum absolute atomic E-state index is 11.0. The molecule has 1 amide bonds. The number of carbonyl (C=O) groups excluding carboxylic acids is 1. The lowest BCUT2D eigenvalue weighted by atomic mass is 9.93. The molecule has 6 nitrogen and oxygen atoms in total. The van der Waals surface area contributed by atoms with Crippen molar-refractivity contribution >= 4 is 17.7 Å². The molecule has 3 N–H and O–H groups in total. The van der Waals surface area contributed by atoms with Gasteiger partial charge in [-0.25, -0.2) is 4.98 Å². The lowest BCUT2D eigenvalue weighted by Crippen LogP contribution is -2.36. The Morgan fingerprint density at radius 1 is 1.50 bits per heavy atom. The van der Waals surface area contributed by atoms with Crippen molar-refractivity contribution in [1.29, 1.82) is 0 Å². The van der Waals surface area contributed by atoms with E-state index in [1.54, 1.807) is 0 Å². The number of rotatable bonds is 5. The van der Waals surface area contributed by atoms with E-state index >= 15 is 0 Å². The normalized spacial score (nSPS) is 16.2. The van der Waals surface area contributed by atoms with Crippen molar-refractivity contribution in [3.8, 4) is 0 Å². The summed E-state index contributed by atoms with van der Waals surface area (Å²) in [6.07, 6.45) is 4.33. The van der Waals surface area contributed by atoms with E-state index in [4.69, 9.17) is 5.73 Å². The van der Waals surface area contributed by atoms with Gasteiger partial charge in [-0.3, -0.25) is 4.79 Å². The van der Waals surface area contributed by atoms with Crippen molar-refractivity contribution in [2.24, 2.45) is 11.7 Å². The zero-order valence-corrected chi connectivity index (χ0v) is 12.2. The van der Waals surface area contributed by atoms with Crippen molar-refractivity contribution in [2.75, 3.05) is 29.9 Å². The molecule has 1 aliphatic rings. The molecule has 0 unspecified atom stereocenters. The second-order valence-electron chi connectivity index (χ2n) is 5.33. The molecule has 2 heterocycles. The van der Waals surface area contributed by atoms with E-state index in [2.05, 4.69) is 20.2 Å². The van der Waals surface area contributed by atoms with E-state index in [1.165, 1.54) is 0 Å². The van der Waals surface area contributed by atoms with Gasteiger partial charge in [-0.2, -0.15) is 4.98 Å². The lowest BCUT2D eigenvalue weighted by Gasteiger charge is -2.33. The number of aryl methyl sites for hydroxylation is 1. The topological polar surface area (TPSA) is 84.1 Å². The van der Waals surface area contributed by atoms with E-state index in [9.17, 15) is 4.79 Å². The fraction of sp³-hybridized carbons (Fsp3) is 0.643. The van der Waals surface area contributed by atoms with E-state index in [0.29, 0.717) is 18.3 Å². The molecule has 2 rings (SSSR count). The van der Waals surface area contributed by atoms with Gasteiger partial charge in [-0.1, -0.05) is 0 Å². The average molecular weight is 277 g/mol. The van der Waals surface area contributed by atoms with Gasteiger partial charge in [-0.15, -0.1) is 0 Å². The zero-order chi connectivity index (χ0) is 14.5. The predicted octanol–water partition coefficient (Wildman–Crippen LogP) is 1.31. The van der Waals surface area contributed by atoms with Crippen LogP contribution in [-0.4, -0.2) is 35.5 Å². The number of hydrogen-bond donors (Lipinski definition) is 2. The Bertz CT molecular complexity index is 469. The maximum atomic E-state index is 11.0. The minimum absolute atomic E-state index is 0.198. The molecule has 1 fully saturated rings. The Kier molecular flexibility index (Phi) is 4.76. The van der Waals surface area contributed by atoms with Crippen LogP contribution in [-0.2, 0) is 4.79 Å². The second-order valence-corrected chi connectivity index (χ2v) is 5.33. The van der Waals surface area contributed by atoms with Crippen LogP contribution in [0.1, 0.15) is 31.7 Å². The highest BCUT2D eigenvalue weighted by Gasteiger charge is 2.22. The standard InChI is InChI=1S/C14H23N5O/c1-3-16-14-17-9-10(2)13(18-14)19-6-4-11(5-7-19)8-12(15)20/h9,11H,3-8H2,1-2H3,(H2,15,20)(H,16,17,18). The summed E-state index contributed by atoms with van der Waals surface area (Å²) in [6, 6.07) is 0. The van der Waals surface area contributed by atoms with Gasteiger partial charge in [0, 0.05) is 37.8 Å². The van der Waals surface area contributed by atoms with Crippen LogP contribution in [0.5, 0.6) is 0 Å². The van der Waals surface area contributed by atoms with E-state index in [-0.39, 0.29) is 5.91 Å². The molecule has 6 heteroatoms. The Morgan fingerprint density at radius 2 is 2.20 bits per heavy atom. The number of nitrogens with zero attached hydrogens (tertiary/aromatic N) is 3. The first-order valence-electron chi connectivity index (χ1n) is 7.21. The number of amides is 1. The summed E-state index contributed by atoms with van der Waals surface area (Å²) in [5, 5.41) is 3.14.